The molecule has 0 atom stereocenters. The fraction of sp³-hybridized carbons (Fsp3) is 0.136. The molecule has 0 aliphatic rings. The smallest absolute Gasteiger partial charge is 0.285 e. The number of ether oxygens (including phenoxy) is 1. The monoisotopic (exact) mass is 379 g/mol. The second-order valence-corrected chi connectivity index (χ2v) is 7.81. The van der Waals surface area contributed by atoms with Gasteiger partial charge >= 0.3 is 0 Å². The van der Waals surface area contributed by atoms with Crippen molar-refractivity contribution in [3.8, 4) is 0 Å². The Morgan fingerprint density at radius 2 is 1.37 bits per heavy atom. The van der Waals surface area contributed by atoms with Crippen molar-refractivity contribution in [1.29, 1.82) is 0 Å². The van der Waals surface area contributed by atoms with Gasteiger partial charge in [-0.05, 0) is 30.2 Å². The summed E-state index contributed by atoms with van der Waals surface area (Å²) in [6, 6.07) is 25.8. The Kier molecular flexibility index (Phi) is 6.04. The van der Waals surface area contributed by atoms with Gasteiger partial charge in [0, 0.05) is 6.42 Å². The molecule has 3 rings (SSSR count). The second-order valence-electron chi connectivity index (χ2n) is 6.21. The molecule has 0 amide bonds. The lowest BCUT2D eigenvalue weighted by Gasteiger charge is -2.10. The third kappa shape index (κ3) is 5.53. The largest absolute Gasteiger partial charge is 0.475 e. The van der Waals surface area contributed by atoms with Gasteiger partial charge in [-0.25, -0.2) is 0 Å². The van der Waals surface area contributed by atoms with E-state index in [1.165, 1.54) is 0 Å². The van der Waals surface area contributed by atoms with Crippen LogP contribution in [0.15, 0.2) is 94.2 Å². The van der Waals surface area contributed by atoms with Crippen LogP contribution in [-0.4, -0.2) is 14.3 Å². The van der Waals surface area contributed by atoms with Gasteiger partial charge in [-0.1, -0.05) is 78.4 Å². The number of aryl methyl sites for hydroxylation is 1. The van der Waals surface area contributed by atoms with Gasteiger partial charge in [0.05, 0.1) is 4.90 Å². The molecule has 0 spiro atoms. The summed E-state index contributed by atoms with van der Waals surface area (Å²) >= 11 is 0. The van der Waals surface area contributed by atoms with Crippen LogP contribution in [0.2, 0.25) is 0 Å². The Labute approximate surface area is 160 Å². The summed E-state index contributed by atoms with van der Waals surface area (Å²) in [5.74, 6) is 0.172. The van der Waals surface area contributed by atoms with Crippen molar-refractivity contribution < 1.29 is 13.2 Å². The van der Waals surface area contributed by atoms with Crippen LogP contribution in [-0.2, 0) is 27.8 Å². The van der Waals surface area contributed by atoms with E-state index in [4.69, 9.17) is 4.74 Å². The standard InChI is InChI=1S/C22H21NO3S/c1-18-12-14-21(15-13-18)27(24,25)23-22(16-19-8-4-2-5-9-19)26-17-20-10-6-3-7-11-20/h2-15H,16-17H2,1H3. The highest BCUT2D eigenvalue weighted by Gasteiger charge is 2.16. The molecular formula is C22H21NO3S. The molecule has 0 bridgehead atoms. The van der Waals surface area contributed by atoms with Crippen molar-refractivity contribution in [3.63, 3.8) is 0 Å². The summed E-state index contributed by atoms with van der Waals surface area (Å²) in [4.78, 5) is 0.155. The van der Waals surface area contributed by atoms with E-state index in [1.54, 1.807) is 24.3 Å². The van der Waals surface area contributed by atoms with E-state index >= 15 is 0 Å². The minimum atomic E-state index is -3.84. The molecule has 0 radical (unpaired) electrons. The van der Waals surface area contributed by atoms with Crippen molar-refractivity contribution in [2.24, 2.45) is 4.40 Å². The predicted molar refractivity (Wildman–Crippen MR) is 107 cm³/mol. The Morgan fingerprint density at radius 3 is 1.96 bits per heavy atom. The number of sulfonamides is 1. The molecule has 0 aromatic heterocycles. The van der Waals surface area contributed by atoms with Gasteiger partial charge in [0.1, 0.15) is 6.61 Å². The van der Waals surface area contributed by atoms with Crippen molar-refractivity contribution in [2.75, 3.05) is 0 Å². The first-order valence-electron chi connectivity index (χ1n) is 8.64. The zero-order chi connectivity index (χ0) is 19.1. The maximum Gasteiger partial charge on any atom is 0.285 e. The van der Waals surface area contributed by atoms with Crippen LogP contribution in [0.3, 0.4) is 0 Å². The Morgan fingerprint density at radius 1 is 0.815 bits per heavy atom. The molecule has 0 aliphatic carbocycles. The van der Waals surface area contributed by atoms with Crippen LogP contribution in [0, 0.1) is 6.92 Å². The molecule has 5 heteroatoms. The molecule has 0 unspecified atom stereocenters. The number of hydrogen-bond acceptors (Lipinski definition) is 3. The van der Waals surface area contributed by atoms with Gasteiger partial charge in [0.2, 0.25) is 5.90 Å². The van der Waals surface area contributed by atoms with Crippen LogP contribution < -0.4 is 0 Å². The molecule has 0 heterocycles. The average molecular weight is 379 g/mol. The Hall–Kier alpha value is -2.92. The summed E-state index contributed by atoms with van der Waals surface area (Å²) < 4.78 is 35.1. The van der Waals surface area contributed by atoms with Crippen LogP contribution in [0.5, 0.6) is 0 Å². The third-order valence-corrected chi connectivity index (χ3v) is 5.30. The zero-order valence-electron chi connectivity index (χ0n) is 15.1. The fourth-order valence-electron chi connectivity index (χ4n) is 2.52. The molecular weight excluding hydrogens is 358 g/mol. The van der Waals surface area contributed by atoms with Crippen LogP contribution in [0.25, 0.3) is 0 Å². The molecule has 27 heavy (non-hydrogen) atoms. The summed E-state index contributed by atoms with van der Waals surface area (Å²) in [6.45, 7) is 2.17. The minimum absolute atomic E-state index is 0.155. The molecule has 0 aliphatic heterocycles. The first-order valence-corrected chi connectivity index (χ1v) is 10.1. The molecule has 3 aromatic carbocycles. The van der Waals surface area contributed by atoms with E-state index in [1.807, 2.05) is 67.6 Å². The lowest BCUT2D eigenvalue weighted by atomic mass is 10.1. The van der Waals surface area contributed by atoms with Crippen molar-refractivity contribution >= 4 is 15.9 Å². The number of hydrogen-bond donors (Lipinski definition) is 0. The van der Waals surface area contributed by atoms with Gasteiger partial charge in [0.25, 0.3) is 10.0 Å². The summed E-state index contributed by atoms with van der Waals surface area (Å²) in [5, 5.41) is 0. The molecule has 4 nitrogen and oxygen atoms in total. The molecule has 0 saturated carbocycles. The van der Waals surface area contributed by atoms with E-state index in [9.17, 15) is 8.42 Å². The lowest BCUT2D eigenvalue weighted by Crippen LogP contribution is -2.12. The van der Waals surface area contributed by atoms with Gasteiger partial charge in [-0.2, -0.15) is 8.42 Å². The molecule has 0 saturated heterocycles. The molecule has 0 N–H and O–H groups in total. The molecule has 138 valence electrons. The van der Waals surface area contributed by atoms with Crippen LogP contribution in [0.4, 0.5) is 0 Å². The summed E-state index contributed by atoms with van der Waals surface area (Å²) in [7, 11) is -3.84. The van der Waals surface area contributed by atoms with E-state index in [2.05, 4.69) is 4.40 Å². The highest BCUT2D eigenvalue weighted by molar-refractivity contribution is 7.90. The number of benzene rings is 3. The van der Waals surface area contributed by atoms with Gasteiger partial charge in [0.15, 0.2) is 0 Å². The van der Waals surface area contributed by atoms with Crippen LogP contribution >= 0.6 is 0 Å². The third-order valence-electron chi connectivity index (χ3n) is 3.99. The quantitative estimate of drug-likeness (QED) is 0.467. The highest BCUT2D eigenvalue weighted by Crippen LogP contribution is 2.15. The van der Waals surface area contributed by atoms with E-state index in [0.29, 0.717) is 6.42 Å². The predicted octanol–water partition coefficient (Wildman–Crippen LogP) is 4.54. The second kappa shape index (κ2) is 8.64. The Balaban J connectivity index is 1.87. The topological polar surface area (TPSA) is 55.7 Å². The maximum absolute atomic E-state index is 12.7. The van der Waals surface area contributed by atoms with E-state index in [-0.39, 0.29) is 17.4 Å². The van der Waals surface area contributed by atoms with Gasteiger partial charge in [-0.15, -0.1) is 4.40 Å². The number of rotatable bonds is 6. The van der Waals surface area contributed by atoms with Crippen LogP contribution in [0.1, 0.15) is 16.7 Å². The minimum Gasteiger partial charge on any atom is -0.475 e. The first kappa shape index (κ1) is 18.9. The normalized spacial score (nSPS) is 12.0. The fourth-order valence-corrected chi connectivity index (χ4v) is 3.49. The lowest BCUT2D eigenvalue weighted by molar-refractivity contribution is 0.286. The summed E-state index contributed by atoms with van der Waals surface area (Å²) in [5.41, 5.74) is 2.87. The van der Waals surface area contributed by atoms with Crippen molar-refractivity contribution in [3.05, 3.63) is 102 Å². The van der Waals surface area contributed by atoms with Gasteiger partial charge < -0.3 is 4.74 Å². The van der Waals surface area contributed by atoms with Crippen molar-refractivity contribution in [1.82, 2.24) is 0 Å². The SMILES string of the molecule is Cc1ccc(S(=O)(=O)N=C(Cc2ccccc2)OCc2ccccc2)cc1. The zero-order valence-corrected chi connectivity index (χ0v) is 15.9. The van der Waals surface area contributed by atoms with E-state index in [0.717, 1.165) is 16.7 Å². The highest BCUT2D eigenvalue weighted by atomic mass is 32.2. The summed E-state index contributed by atoms with van der Waals surface area (Å²) in [6.07, 6.45) is 0.304. The molecule has 0 fully saturated rings. The van der Waals surface area contributed by atoms with Crippen molar-refractivity contribution in [2.45, 2.75) is 24.8 Å². The molecule has 3 aromatic rings. The Bertz CT molecular complexity index is 996. The first-order chi connectivity index (χ1) is 13.0. The van der Waals surface area contributed by atoms with Gasteiger partial charge in [-0.3, -0.25) is 0 Å². The number of nitrogens with zero attached hydrogens (tertiary/aromatic N) is 1. The maximum atomic E-state index is 12.7. The van der Waals surface area contributed by atoms with E-state index < -0.39 is 10.0 Å². The average Bonchev–Trinajstić information content (AvgIpc) is 2.68.